The van der Waals surface area contributed by atoms with Crippen LogP contribution in [0.4, 0.5) is 0 Å². The van der Waals surface area contributed by atoms with Gasteiger partial charge in [0.1, 0.15) is 11.7 Å². The molecule has 0 unspecified atom stereocenters. The lowest BCUT2D eigenvalue weighted by Gasteiger charge is -2.22. The monoisotopic (exact) mass is 336 g/mol. The largest absolute Gasteiger partial charge is 0.494 e. The Bertz CT molecular complexity index is 554. The predicted octanol–water partition coefficient (Wildman–Crippen LogP) is 1.18. The van der Waals surface area contributed by atoms with Gasteiger partial charge in [0.05, 0.1) is 6.61 Å². The highest BCUT2D eigenvalue weighted by molar-refractivity contribution is 7.80. The molecular weight excluding hydrogens is 316 g/mol. The third-order valence-corrected chi connectivity index (χ3v) is 3.69. The fourth-order valence-corrected chi connectivity index (χ4v) is 2.43. The van der Waals surface area contributed by atoms with E-state index in [4.69, 9.17) is 21.7 Å². The minimum Gasteiger partial charge on any atom is -0.494 e. The number of carbonyl (C=O) groups excluding carboxylic acids is 2. The van der Waals surface area contributed by atoms with Gasteiger partial charge in [-0.05, 0) is 49.2 Å². The highest BCUT2D eigenvalue weighted by Gasteiger charge is 2.32. The number of hydrogen-bond donors (Lipinski definition) is 2. The van der Waals surface area contributed by atoms with E-state index in [1.54, 1.807) is 7.11 Å². The first-order valence-electron chi connectivity index (χ1n) is 7.46. The number of carbonyl (C=O) groups is 2. The average molecular weight is 336 g/mol. The molecule has 1 heterocycles. The second-order valence-corrected chi connectivity index (χ2v) is 5.66. The number of thiocarbonyl (C=S) groups is 1. The van der Waals surface area contributed by atoms with Crippen molar-refractivity contribution in [2.24, 2.45) is 5.92 Å². The van der Waals surface area contributed by atoms with E-state index in [0.717, 1.165) is 30.8 Å². The van der Waals surface area contributed by atoms with Crippen LogP contribution in [-0.4, -0.2) is 37.3 Å². The number of ether oxygens (including phenoxy) is 2. The summed E-state index contributed by atoms with van der Waals surface area (Å²) in [5.41, 5.74) is 0.889. The molecule has 1 fully saturated rings. The average Bonchev–Trinajstić information content (AvgIpc) is 2.52. The van der Waals surface area contributed by atoms with E-state index in [2.05, 4.69) is 10.6 Å². The van der Waals surface area contributed by atoms with Crippen LogP contribution in [0.1, 0.15) is 18.4 Å². The number of methoxy groups -OCH3 is 1. The second kappa shape index (κ2) is 8.59. The molecule has 2 rings (SSSR count). The summed E-state index contributed by atoms with van der Waals surface area (Å²) in [7, 11) is 1.68. The van der Waals surface area contributed by atoms with E-state index in [9.17, 15) is 9.59 Å². The van der Waals surface area contributed by atoms with Gasteiger partial charge in [0.15, 0.2) is 5.11 Å². The first-order valence-corrected chi connectivity index (χ1v) is 7.87. The van der Waals surface area contributed by atoms with Crippen molar-refractivity contribution in [3.8, 4) is 5.75 Å². The Morgan fingerprint density at radius 1 is 1.04 bits per heavy atom. The molecule has 0 aromatic heterocycles. The smallest absolute Gasteiger partial charge is 0.239 e. The maximum absolute atomic E-state index is 11.8. The predicted molar refractivity (Wildman–Crippen MR) is 89.1 cm³/mol. The van der Waals surface area contributed by atoms with Gasteiger partial charge in [-0.2, -0.15) is 0 Å². The van der Waals surface area contributed by atoms with E-state index in [1.165, 1.54) is 0 Å². The van der Waals surface area contributed by atoms with E-state index in [-0.39, 0.29) is 16.9 Å². The topological polar surface area (TPSA) is 76.7 Å². The number of hydrogen-bond acceptors (Lipinski definition) is 5. The zero-order valence-electron chi connectivity index (χ0n) is 13.0. The Kier molecular flexibility index (Phi) is 6.49. The lowest BCUT2D eigenvalue weighted by atomic mass is 9.96. The molecule has 0 bridgehead atoms. The molecule has 1 aromatic carbocycles. The Hall–Kier alpha value is -1.99. The Balaban J connectivity index is 1.84. The van der Waals surface area contributed by atoms with Crippen molar-refractivity contribution in [1.82, 2.24) is 10.6 Å². The molecule has 0 atom stereocenters. The maximum atomic E-state index is 11.8. The van der Waals surface area contributed by atoms with Gasteiger partial charge in [-0.15, -0.1) is 0 Å². The third-order valence-electron chi connectivity index (χ3n) is 3.48. The van der Waals surface area contributed by atoms with Crippen molar-refractivity contribution in [1.29, 1.82) is 0 Å². The molecule has 7 heteroatoms. The molecule has 2 N–H and O–H groups in total. The van der Waals surface area contributed by atoms with Crippen LogP contribution in [0.15, 0.2) is 24.3 Å². The highest BCUT2D eigenvalue weighted by atomic mass is 32.1. The molecule has 1 saturated heterocycles. The van der Waals surface area contributed by atoms with Gasteiger partial charge in [-0.3, -0.25) is 9.59 Å². The van der Waals surface area contributed by atoms with Crippen LogP contribution in [0.25, 0.3) is 0 Å². The van der Waals surface area contributed by atoms with Crippen LogP contribution in [0.5, 0.6) is 5.75 Å². The molecular formula is C16H20N2O4S. The molecule has 23 heavy (non-hydrogen) atoms. The van der Waals surface area contributed by atoms with Crippen molar-refractivity contribution in [2.45, 2.75) is 19.3 Å². The summed E-state index contributed by atoms with van der Waals surface area (Å²) < 4.78 is 10.6. The number of benzene rings is 1. The molecule has 0 spiro atoms. The van der Waals surface area contributed by atoms with Crippen LogP contribution >= 0.6 is 12.2 Å². The Labute approximate surface area is 140 Å². The van der Waals surface area contributed by atoms with Crippen molar-refractivity contribution in [3.63, 3.8) is 0 Å². The fraction of sp³-hybridized carbons (Fsp3) is 0.438. The van der Waals surface area contributed by atoms with E-state index in [0.29, 0.717) is 13.0 Å². The van der Waals surface area contributed by atoms with Crippen molar-refractivity contribution < 1.29 is 19.1 Å². The minimum absolute atomic E-state index is 0.0634. The van der Waals surface area contributed by atoms with Gasteiger partial charge >= 0.3 is 0 Å². The molecule has 0 saturated carbocycles. The van der Waals surface area contributed by atoms with Crippen LogP contribution in [-0.2, 0) is 20.7 Å². The van der Waals surface area contributed by atoms with Crippen LogP contribution in [0.3, 0.4) is 0 Å². The third kappa shape index (κ3) is 5.30. The number of unbranched alkanes of at least 4 members (excludes halogenated alkanes) is 1. The number of nitrogens with one attached hydrogen (secondary N) is 2. The van der Waals surface area contributed by atoms with E-state index >= 15 is 0 Å². The Morgan fingerprint density at radius 2 is 1.65 bits per heavy atom. The van der Waals surface area contributed by atoms with Crippen molar-refractivity contribution in [2.75, 3.05) is 20.3 Å². The summed E-state index contributed by atoms with van der Waals surface area (Å²) in [4.78, 5) is 23.6. The molecule has 0 radical (unpaired) electrons. The SMILES string of the molecule is COCCCCOc1ccc(CC2C(=O)NC(=S)NC2=O)cc1. The molecule has 6 nitrogen and oxygen atoms in total. The molecule has 1 aliphatic heterocycles. The summed E-state index contributed by atoms with van der Waals surface area (Å²) in [5, 5.41) is 4.99. The second-order valence-electron chi connectivity index (χ2n) is 5.26. The van der Waals surface area contributed by atoms with Crippen LogP contribution in [0.2, 0.25) is 0 Å². The van der Waals surface area contributed by atoms with E-state index < -0.39 is 5.92 Å². The number of rotatable bonds is 8. The zero-order chi connectivity index (χ0) is 16.7. The van der Waals surface area contributed by atoms with Gasteiger partial charge in [-0.25, -0.2) is 0 Å². The van der Waals surface area contributed by atoms with Gasteiger partial charge < -0.3 is 20.1 Å². The van der Waals surface area contributed by atoms with Gasteiger partial charge in [0.2, 0.25) is 11.8 Å². The van der Waals surface area contributed by atoms with Gasteiger partial charge in [-0.1, -0.05) is 12.1 Å². The fourth-order valence-electron chi connectivity index (χ4n) is 2.23. The van der Waals surface area contributed by atoms with E-state index in [1.807, 2.05) is 24.3 Å². The molecule has 1 aromatic rings. The van der Waals surface area contributed by atoms with Crippen LogP contribution < -0.4 is 15.4 Å². The van der Waals surface area contributed by atoms with Gasteiger partial charge in [0.25, 0.3) is 0 Å². The summed E-state index contributed by atoms with van der Waals surface area (Å²) in [6, 6.07) is 7.40. The quantitative estimate of drug-likeness (QED) is 0.423. The summed E-state index contributed by atoms with van der Waals surface area (Å²) in [6.45, 7) is 1.37. The lowest BCUT2D eigenvalue weighted by Crippen LogP contribution is -2.56. The lowest BCUT2D eigenvalue weighted by molar-refractivity contribution is -0.135. The highest BCUT2D eigenvalue weighted by Crippen LogP contribution is 2.17. The summed E-state index contributed by atoms with van der Waals surface area (Å²) in [6.07, 6.45) is 2.22. The Morgan fingerprint density at radius 3 is 2.26 bits per heavy atom. The van der Waals surface area contributed by atoms with Crippen LogP contribution in [0, 0.1) is 5.92 Å². The zero-order valence-corrected chi connectivity index (χ0v) is 13.8. The van der Waals surface area contributed by atoms with Crippen molar-refractivity contribution in [3.05, 3.63) is 29.8 Å². The number of amides is 2. The standard InChI is InChI=1S/C16H20N2O4S/c1-21-8-2-3-9-22-12-6-4-11(5-7-12)10-13-14(19)17-16(23)18-15(13)20/h4-7,13H,2-3,8-10H2,1H3,(H2,17,18,19,20,23). The normalized spacial score (nSPS) is 15.3. The summed E-state index contributed by atoms with van der Waals surface area (Å²) in [5.74, 6) is -0.721. The maximum Gasteiger partial charge on any atom is 0.239 e. The van der Waals surface area contributed by atoms with Crippen molar-refractivity contribution >= 4 is 29.1 Å². The minimum atomic E-state index is -0.762. The molecule has 124 valence electrons. The first kappa shape index (κ1) is 17.4. The molecule has 0 aliphatic carbocycles. The first-order chi connectivity index (χ1) is 11.1. The molecule has 2 amide bonds. The summed E-state index contributed by atoms with van der Waals surface area (Å²) >= 11 is 4.77. The van der Waals surface area contributed by atoms with Gasteiger partial charge in [0, 0.05) is 13.7 Å². The molecule has 1 aliphatic rings.